The third-order valence-corrected chi connectivity index (χ3v) is 5.18. The lowest BCUT2D eigenvalue weighted by Gasteiger charge is -2.12. The highest BCUT2D eigenvalue weighted by atomic mass is 35.5. The second-order valence-corrected chi connectivity index (χ2v) is 7.61. The Bertz CT molecular complexity index is 994. The molecule has 140 valence electrons. The number of amides is 1. The van der Waals surface area contributed by atoms with E-state index in [1.165, 1.54) is 16.8 Å². The number of thioether (sulfide) groups is 1. The van der Waals surface area contributed by atoms with Crippen LogP contribution in [-0.2, 0) is 4.79 Å². The number of rotatable bonds is 5. The molecule has 0 spiro atoms. The van der Waals surface area contributed by atoms with Crippen LogP contribution in [0.2, 0.25) is 5.02 Å². The van der Waals surface area contributed by atoms with Gasteiger partial charge in [-0.1, -0.05) is 47.6 Å². The number of carbonyl (C=O) groups is 1. The maximum Gasteiger partial charge on any atom is 0.237 e. The third-order valence-electron chi connectivity index (χ3n) is 3.89. The van der Waals surface area contributed by atoms with E-state index in [1.54, 1.807) is 6.92 Å². The normalized spacial score (nSPS) is 12.0. The number of aryl methyl sites for hydroxylation is 1. The van der Waals surface area contributed by atoms with Crippen LogP contribution in [0.4, 0.5) is 10.1 Å². The first kappa shape index (κ1) is 19.2. The van der Waals surface area contributed by atoms with Gasteiger partial charge in [0.15, 0.2) is 5.82 Å². The van der Waals surface area contributed by atoms with Crippen LogP contribution >= 0.6 is 23.4 Å². The van der Waals surface area contributed by atoms with Gasteiger partial charge < -0.3 is 11.2 Å². The van der Waals surface area contributed by atoms with Crippen LogP contribution in [-0.4, -0.2) is 26.0 Å². The van der Waals surface area contributed by atoms with Crippen LogP contribution in [0, 0.1) is 12.7 Å². The van der Waals surface area contributed by atoms with Gasteiger partial charge in [0.1, 0.15) is 5.82 Å². The molecule has 9 heteroatoms. The molecular formula is C18H17ClFN5OS. The number of carbonyl (C=O) groups excluding carboxylic acids is 1. The van der Waals surface area contributed by atoms with Crippen LogP contribution in [0.15, 0.2) is 47.6 Å². The Balaban J connectivity index is 1.73. The molecule has 0 aliphatic heterocycles. The third kappa shape index (κ3) is 4.23. The zero-order valence-electron chi connectivity index (χ0n) is 14.6. The van der Waals surface area contributed by atoms with E-state index < -0.39 is 11.1 Å². The fourth-order valence-corrected chi connectivity index (χ4v) is 3.33. The molecule has 1 amide bonds. The minimum absolute atomic E-state index is 0.0617. The first-order valence-electron chi connectivity index (χ1n) is 8.06. The van der Waals surface area contributed by atoms with Crippen molar-refractivity contribution in [3.8, 4) is 11.4 Å². The highest BCUT2D eigenvalue weighted by molar-refractivity contribution is 8.00. The molecule has 0 aliphatic carbocycles. The maximum absolute atomic E-state index is 13.8. The van der Waals surface area contributed by atoms with Gasteiger partial charge in [-0.25, -0.2) is 9.07 Å². The molecule has 1 heterocycles. The molecule has 1 aromatic heterocycles. The van der Waals surface area contributed by atoms with Crippen molar-refractivity contribution in [3.05, 3.63) is 58.9 Å². The molecule has 0 fully saturated rings. The molecule has 3 N–H and O–H groups in total. The van der Waals surface area contributed by atoms with Crippen LogP contribution in [0.25, 0.3) is 11.4 Å². The zero-order chi connectivity index (χ0) is 19.6. The van der Waals surface area contributed by atoms with E-state index in [1.807, 2.05) is 31.2 Å². The van der Waals surface area contributed by atoms with Crippen molar-refractivity contribution in [2.75, 3.05) is 11.2 Å². The Morgan fingerprint density at radius 1 is 1.30 bits per heavy atom. The van der Waals surface area contributed by atoms with Gasteiger partial charge in [0.05, 0.1) is 10.9 Å². The second-order valence-electron chi connectivity index (χ2n) is 5.86. The minimum atomic E-state index is -0.600. The molecular weight excluding hydrogens is 389 g/mol. The van der Waals surface area contributed by atoms with Gasteiger partial charge >= 0.3 is 0 Å². The highest BCUT2D eigenvalue weighted by Crippen LogP contribution is 2.27. The second kappa shape index (κ2) is 7.98. The average Bonchev–Trinajstić information content (AvgIpc) is 2.98. The van der Waals surface area contributed by atoms with Crippen LogP contribution in [0.1, 0.15) is 12.5 Å². The summed E-state index contributed by atoms with van der Waals surface area (Å²) in [6, 6.07) is 11.7. The van der Waals surface area contributed by atoms with Crippen molar-refractivity contribution in [1.29, 1.82) is 0 Å². The summed E-state index contributed by atoms with van der Waals surface area (Å²) in [5.41, 5.74) is 1.93. The molecule has 3 aromatic rings. The van der Waals surface area contributed by atoms with E-state index in [0.29, 0.717) is 11.0 Å². The number of nitrogens with zero attached hydrogens (tertiary/aromatic N) is 3. The van der Waals surface area contributed by atoms with Gasteiger partial charge in [0.2, 0.25) is 11.1 Å². The number of hydrogen-bond donors (Lipinski definition) is 2. The quantitative estimate of drug-likeness (QED) is 0.497. The Kier molecular flexibility index (Phi) is 5.67. The van der Waals surface area contributed by atoms with Crippen molar-refractivity contribution >= 4 is 35.0 Å². The van der Waals surface area contributed by atoms with Crippen molar-refractivity contribution in [1.82, 2.24) is 14.9 Å². The number of halogens is 2. The van der Waals surface area contributed by atoms with Crippen LogP contribution in [0.5, 0.6) is 0 Å². The number of nitrogen functional groups attached to an aromatic ring is 1. The molecule has 0 aliphatic rings. The summed E-state index contributed by atoms with van der Waals surface area (Å²) in [5.74, 6) is 5.63. The summed E-state index contributed by atoms with van der Waals surface area (Å²) in [6.45, 7) is 3.63. The molecule has 1 atom stereocenters. The maximum atomic E-state index is 13.8. The van der Waals surface area contributed by atoms with Gasteiger partial charge in [-0.05, 0) is 37.6 Å². The van der Waals surface area contributed by atoms with E-state index >= 15 is 0 Å². The average molecular weight is 406 g/mol. The Morgan fingerprint density at radius 3 is 2.74 bits per heavy atom. The number of nitrogens with two attached hydrogens (primary N) is 1. The number of anilines is 1. The van der Waals surface area contributed by atoms with Gasteiger partial charge in [-0.2, -0.15) is 0 Å². The molecule has 6 nitrogen and oxygen atoms in total. The zero-order valence-corrected chi connectivity index (χ0v) is 16.2. The molecule has 0 unspecified atom stereocenters. The summed E-state index contributed by atoms with van der Waals surface area (Å²) in [7, 11) is 0. The number of nitrogens with one attached hydrogen (secondary N) is 1. The Hall–Kier alpha value is -2.58. The van der Waals surface area contributed by atoms with Gasteiger partial charge in [0.25, 0.3) is 0 Å². The summed E-state index contributed by atoms with van der Waals surface area (Å²) in [4.78, 5) is 12.4. The molecule has 27 heavy (non-hydrogen) atoms. The van der Waals surface area contributed by atoms with E-state index in [0.717, 1.165) is 29.0 Å². The number of benzene rings is 2. The minimum Gasteiger partial charge on any atom is -0.335 e. The molecule has 0 radical (unpaired) electrons. The Morgan fingerprint density at radius 2 is 2.04 bits per heavy atom. The highest BCUT2D eigenvalue weighted by Gasteiger charge is 2.21. The van der Waals surface area contributed by atoms with Gasteiger partial charge in [0, 0.05) is 10.6 Å². The number of hydrogen-bond acceptors (Lipinski definition) is 5. The van der Waals surface area contributed by atoms with E-state index in [2.05, 4.69) is 15.5 Å². The van der Waals surface area contributed by atoms with Crippen molar-refractivity contribution in [3.63, 3.8) is 0 Å². The number of aromatic nitrogens is 3. The van der Waals surface area contributed by atoms with Crippen molar-refractivity contribution in [2.24, 2.45) is 0 Å². The fourth-order valence-electron chi connectivity index (χ4n) is 2.40. The fraction of sp³-hybridized carbons (Fsp3) is 0.167. The monoisotopic (exact) mass is 405 g/mol. The standard InChI is InChI=1S/C18H17ClFN5OS/c1-10-5-3-4-6-13(10)16-23-24-18(25(16)21)27-11(2)17(26)22-15-8-7-12(19)9-14(15)20/h3-9,11H,21H2,1-2H3,(H,22,26)/t11-/m0/s1. The molecule has 0 saturated carbocycles. The van der Waals surface area contributed by atoms with E-state index in [9.17, 15) is 9.18 Å². The Labute approximate surface area is 164 Å². The van der Waals surface area contributed by atoms with Gasteiger partial charge in [-0.3, -0.25) is 4.79 Å². The largest absolute Gasteiger partial charge is 0.335 e. The van der Waals surface area contributed by atoms with Crippen molar-refractivity contribution in [2.45, 2.75) is 24.3 Å². The van der Waals surface area contributed by atoms with E-state index in [4.69, 9.17) is 17.4 Å². The first-order chi connectivity index (χ1) is 12.9. The topological polar surface area (TPSA) is 85.8 Å². The summed E-state index contributed by atoms with van der Waals surface area (Å²) >= 11 is 6.85. The smallest absolute Gasteiger partial charge is 0.237 e. The lowest BCUT2D eigenvalue weighted by molar-refractivity contribution is -0.115. The molecule has 3 rings (SSSR count). The SMILES string of the molecule is Cc1ccccc1-c1nnc(S[C@@H](C)C(=O)Nc2ccc(Cl)cc2F)n1N. The lowest BCUT2D eigenvalue weighted by atomic mass is 10.1. The summed E-state index contributed by atoms with van der Waals surface area (Å²) in [6.07, 6.45) is 0. The van der Waals surface area contributed by atoms with Crippen LogP contribution < -0.4 is 11.2 Å². The lowest BCUT2D eigenvalue weighted by Crippen LogP contribution is -2.24. The van der Waals surface area contributed by atoms with Gasteiger partial charge in [-0.15, -0.1) is 10.2 Å². The van der Waals surface area contributed by atoms with E-state index in [-0.39, 0.29) is 16.6 Å². The van der Waals surface area contributed by atoms with Crippen molar-refractivity contribution < 1.29 is 9.18 Å². The molecule has 0 bridgehead atoms. The summed E-state index contributed by atoms with van der Waals surface area (Å²) in [5, 5.41) is 10.8. The molecule has 2 aromatic carbocycles. The molecule has 0 saturated heterocycles. The predicted molar refractivity (Wildman–Crippen MR) is 106 cm³/mol. The predicted octanol–water partition coefficient (Wildman–Crippen LogP) is 3.88. The first-order valence-corrected chi connectivity index (χ1v) is 9.31. The summed E-state index contributed by atoms with van der Waals surface area (Å²) < 4.78 is 15.2. The van der Waals surface area contributed by atoms with Crippen LogP contribution in [0.3, 0.4) is 0 Å².